The lowest BCUT2D eigenvalue weighted by Crippen LogP contribution is -2.51. The van der Waals surface area contributed by atoms with Gasteiger partial charge in [-0.25, -0.2) is 9.98 Å². The lowest BCUT2D eigenvalue weighted by Gasteiger charge is -2.32. The number of nitrogens with two attached hydrogens (primary N) is 1. The Kier molecular flexibility index (Phi) is 4.03. The van der Waals surface area contributed by atoms with Gasteiger partial charge in [0.1, 0.15) is 30.4 Å². The molecule has 1 aromatic carbocycles. The highest BCUT2D eigenvalue weighted by atomic mass is 16.6. The van der Waals surface area contributed by atoms with Crippen molar-refractivity contribution in [3.63, 3.8) is 0 Å². The number of fused-ring (bicyclic) bond motifs is 1. The molecule has 1 radical (unpaired) electrons. The molecule has 25 heavy (non-hydrogen) atoms. The van der Waals surface area contributed by atoms with Crippen molar-refractivity contribution < 1.29 is 14.9 Å². The highest BCUT2D eigenvalue weighted by Gasteiger charge is 2.51. The maximum atomic E-state index is 10.5. The molecule has 3 aliphatic rings. The highest BCUT2D eigenvalue weighted by molar-refractivity contribution is 5.96. The molecule has 4 N–H and O–H groups in total. The Hall–Kier alpha value is -2.29. The number of hydrogen-bond acceptors (Lipinski definition) is 8. The third-order valence-electron chi connectivity index (χ3n) is 4.96. The Bertz CT molecular complexity index is 722. The Morgan fingerprint density at radius 2 is 2.12 bits per heavy atom. The second-order valence-corrected chi connectivity index (χ2v) is 6.47. The first-order chi connectivity index (χ1) is 12.1. The molecule has 7 atom stereocenters. The van der Waals surface area contributed by atoms with Gasteiger partial charge in [-0.1, -0.05) is 31.2 Å². The quantitative estimate of drug-likeness (QED) is 0.683. The van der Waals surface area contributed by atoms with E-state index in [4.69, 9.17) is 10.5 Å². The van der Waals surface area contributed by atoms with E-state index in [0.717, 1.165) is 5.56 Å². The zero-order chi connectivity index (χ0) is 17.6. The van der Waals surface area contributed by atoms with Crippen LogP contribution >= 0.6 is 0 Å². The summed E-state index contributed by atoms with van der Waals surface area (Å²) in [6, 6.07) is 10.3. The molecule has 8 nitrogen and oxygen atoms in total. The van der Waals surface area contributed by atoms with E-state index in [0.29, 0.717) is 5.84 Å². The Balaban J connectivity index is 1.54. The van der Waals surface area contributed by atoms with Crippen LogP contribution in [0.25, 0.3) is 0 Å². The minimum Gasteiger partial charge on any atom is -0.387 e. The fourth-order valence-electron chi connectivity index (χ4n) is 3.52. The van der Waals surface area contributed by atoms with Crippen molar-refractivity contribution in [2.75, 3.05) is 0 Å². The van der Waals surface area contributed by atoms with Crippen LogP contribution < -0.4 is 5.73 Å². The molecule has 3 aliphatic heterocycles. The molecule has 0 saturated carbocycles. The van der Waals surface area contributed by atoms with Gasteiger partial charge in [0.25, 0.3) is 0 Å². The van der Waals surface area contributed by atoms with Gasteiger partial charge in [0, 0.05) is 5.92 Å². The predicted octanol–water partition coefficient (Wildman–Crippen LogP) is -0.525. The number of aliphatic hydroxyl groups is 2. The van der Waals surface area contributed by atoms with E-state index in [1.54, 1.807) is 11.2 Å². The standard InChI is InChI=1S/C17H20N5O3/c1-9(10-5-3-2-4-6-10)14-12(23)13(24)17(25-14)22-8-21-11-15(18)19-7-20-16(11)22/h2-5,7-9,11-14,16-17,23-24H,1H3,(H2,18,19,20)/t9-,11?,12+,13-,14+,16?,17-/m1/s1. The monoisotopic (exact) mass is 342 g/mol. The van der Waals surface area contributed by atoms with E-state index < -0.39 is 36.7 Å². The van der Waals surface area contributed by atoms with Crippen LogP contribution in [0.5, 0.6) is 0 Å². The number of amidine groups is 1. The maximum absolute atomic E-state index is 10.5. The lowest BCUT2D eigenvalue weighted by molar-refractivity contribution is -0.0719. The number of benzene rings is 1. The number of nitrogens with zero attached hydrogens (tertiary/aromatic N) is 4. The SMILES string of the molecule is C[C@H](c1[c]cccc1)[C@@H]1O[C@@H](N2C=NC3C(N)=NC=NC32)[C@H](O)[C@@H]1O. The fraction of sp³-hybridized carbons (Fsp3) is 0.471. The minimum atomic E-state index is -1.09. The van der Waals surface area contributed by atoms with Crippen molar-refractivity contribution in [1.29, 1.82) is 0 Å². The van der Waals surface area contributed by atoms with Crippen LogP contribution in [0, 0.1) is 6.07 Å². The van der Waals surface area contributed by atoms with Crippen LogP contribution in [-0.4, -0.2) is 70.4 Å². The number of hydrogen-bond donors (Lipinski definition) is 3. The topological polar surface area (TPSA) is 116 Å². The Morgan fingerprint density at radius 3 is 2.88 bits per heavy atom. The van der Waals surface area contributed by atoms with Crippen LogP contribution in [0.2, 0.25) is 0 Å². The van der Waals surface area contributed by atoms with E-state index in [-0.39, 0.29) is 5.92 Å². The third kappa shape index (κ3) is 2.62. The first kappa shape index (κ1) is 16.2. The molecular weight excluding hydrogens is 322 g/mol. The summed E-state index contributed by atoms with van der Waals surface area (Å²) >= 11 is 0. The maximum Gasteiger partial charge on any atom is 0.161 e. The van der Waals surface area contributed by atoms with Gasteiger partial charge < -0.3 is 25.6 Å². The molecule has 0 amide bonds. The smallest absolute Gasteiger partial charge is 0.161 e. The molecule has 1 saturated heterocycles. The molecule has 1 aromatic rings. The van der Waals surface area contributed by atoms with Gasteiger partial charge in [-0.15, -0.1) is 0 Å². The van der Waals surface area contributed by atoms with Crippen molar-refractivity contribution in [3.05, 3.63) is 35.9 Å². The molecular formula is C17H20N5O3. The normalized spacial score (nSPS) is 37.9. The van der Waals surface area contributed by atoms with Gasteiger partial charge in [-0.2, -0.15) is 0 Å². The zero-order valence-electron chi connectivity index (χ0n) is 13.7. The van der Waals surface area contributed by atoms with E-state index in [2.05, 4.69) is 21.0 Å². The van der Waals surface area contributed by atoms with E-state index in [1.807, 2.05) is 31.2 Å². The average molecular weight is 342 g/mol. The number of ether oxygens (including phenoxy) is 1. The number of aliphatic hydroxyl groups excluding tert-OH is 2. The van der Waals surface area contributed by atoms with Gasteiger partial charge in [0.2, 0.25) is 0 Å². The second-order valence-electron chi connectivity index (χ2n) is 6.47. The van der Waals surface area contributed by atoms with Crippen LogP contribution in [0.1, 0.15) is 18.4 Å². The summed E-state index contributed by atoms with van der Waals surface area (Å²) < 4.78 is 6.03. The Morgan fingerprint density at radius 1 is 1.28 bits per heavy atom. The fourth-order valence-corrected chi connectivity index (χ4v) is 3.52. The van der Waals surface area contributed by atoms with Crippen molar-refractivity contribution in [1.82, 2.24) is 4.90 Å². The number of aliphatic imine (C=N–C) groups is 3. The second kappa shape index (κ2) is 6.21. The van der Waals surface area contributed by atoms with Crippen molar-refractivity contribution in [2.24, 2.45) is 20.7 Å². The minimum absolute atomic E-state index is 0.132. The largest absolute Gasteiger partial charge is 0.387 e. The molecule has 0 spiro atoms. The van der Waals surface area contributed by atoms with E-state index in [1.165, 1.54) is 6.34 Å². The molecule has 0 bridgehead atoms. The average Bonchev–Trinajstić information content (AvgIpc) is 3.18. The summed E-state index contributed by atoms with van der Waals surface area (Å²) in [5.41, 5.74) is 6.77. The van der Waals surface area contributed by atoms with Gasteiger partial charge in [0.05, 0.1) is 12.4 Å². The molecule has 1 fully saturated rings. The lowest BCUT2D eigenvalue weighted by atomic mass is 9.91. The first-order valence-corrected chi connectivity index (χ1v) is 8.21. The van der Waals surface area contributed by atoms with Crippen LogP contribution in [0.15, 0.2) is 39.2 Å². The summed E-state index contributed by atoms with van der Waals surface area (Å²) in [6.45, 7) is 1.94. The highest BCUT2D eigenvalue weighted by Crippen LogP contribution is 2.35. The first-order valence-electron chi connectivity index (χ1n) is 8.21. The summed E-state index contributed by atoms with van der Waals surface area (Å²) in [6.07, 6.45) is -0.909. The summed E-state index contributed by atoms with van der Waals surface area (Å²) in [4.78, 5) is 14.2. The molecule has 131 valence electrons. The predicted molar refractivity (Wildman–Crippen MR) is 92.4 cm³/mol. The third-order valence-corrected chi connectivity index (χ3v) is 4.96. The van der Waals surface area contributed by atoms with Gasteiger partial charge in [-0.05, 0) is 11.6 Å². The molecule has 0 aliphatic carbocycles. The van der Waals surface area contributed by atoms with Crippen molar-refractivity contribution >= 4 is 18.5 Å². The van der Waals surface area contributed by atoms with Crippen LogP contribution in [0.4, 0.5) is 0 Å². The summed E-state index contributed by atoms with van der Waals surface area (Å²) in [7, 11) is 0. The molecule has 2 unspecified atom stereocenters. The van der Waals surface area contributed by atoms with Crippen LogP contribution in [-0.2, 0) is 4.74 Å². The molecule has 8 heteroatoms. The molecule has 3 heterocycles. The van der Waals surface area contributed by atoms with Crippen molar-refractivity contribution in [3.8, 4) is 0 Å². The summed E-state index contributed by atoms with van der Waals surface area (Å²) in [5.74, 6) is 0.239. The van der Waals surface area contributed by atoms with Crippen LogP contribution in [0.3, 0.4) is 0 Å². The van der Waals surface area contributed by atoms with Gasteiger partial charge in [0.15, 0.2) is 12.4 Å². The summed E-state index contributed by atoms with van der Waals surface area (Å²) in [5, 5.41) is 21.1. The van der Waals surface area contributed by atoms with E-state index in [9.17, 15) is 10.2 Å². The molecule has 0 aromatic heterocycles. The van der Waals surface area contributed by atoms with Crippen molar-refractivity contribution in [2.45, 2.75) is 49.6 Å². The Labute approximate surface area is 145 Å². The van der Waals surface area contributed by atoms with Gasteiger partial charge >= 0.3 is 0 Å². The zero-order valence-corrected chi connectivity index (χ0v) is 13.7. The van der Waals surface area contributed by atoms with E-state index >= 15 is 0 Å². The molecule has 4 rings (SSSR count). The van der Waals surface area contributed by atoms with Gasteiger partial charge in [-0.3, -0.25) is 4.99 Å². The number of rotatable bonds is 3.